The third kappa shape index (κ3) is 6.30. The number of aliphatic imine (C=N–C) groups is 1. The molecule has 0 radical (unpaired) electrons. The summed E-state index contributed by atoms with van der Waals surface area (Å²) in [6, 6.07) is 17.7. The highest BCUT2D eigenvalue weighted by atomic mass is 32.1. The van der Waals surface area contributed by atoms with Gasteiger partial charge in [-0.25, -0.2) is 9.98 Å². The molecule has 7 heteroatoms. The molecule has 0 fully saturated rings. The molecule has 6 nitrogen and oxygen atoms in total. The number of aromatic nitrogens is 1. The molecule has 0 bridgehead atoms. The Bertz CT molecular complexity index is 927. The van der Waals surface area contributed by atoms with Crippen molar-refractivity contribution in [2.24, 2.45) is 4.99 Å². The lowest BCUT2D eigenvalue weighted by molar-refractivity contribution is 0.0655. The lowest BCUT2D eigenvalue weighted by Crippen LogP contribution is -2.44. The van der Waals surface area contributed by atoms with Crippen molar-refractivity contribution in [3.05, 3.63) is 82.2 Å². The van der Waals surface area contributed by atoms with E-state index in [2.05, 4.69) is 20.6 Å². The number of nitrogens with zero attached hydrogens (tertiary/aromatic N) is 2. The number of nitrogens with one attached hydrogen (secondary N) is 2. The highest BCUT2D eigenvalue weighted by molar-refractivity contribution is 7.10. The highest BCUT2D eigenvalue weighted by Gasteiger charge is 2.24. The smallest absolute Gasteiger partial charge is 0.218 e. The van der Waals surface area contributed by atoms with Gasteiger partial charge >= 0.3 is 0 Å². The fraction of sp³-hybridized carbons (Fsp3) is 0.304. The molecule has 0 saturated carbocycles. The first-order valence-electron chi connectivity index (χ1n) is 9.97. The van der Waals surface area contributed by atoms with Crippen molar-refractivity contribution in [3.63, 3.8) is 0 Å². The normalized spacial score (nSPS) is 13.5. The molecule has 0 amide bonds. The van der Waals surface area contributed by atoms with E-state index < -0.39 is 5.60 Å². The minimum Gasteiger partial charge on any atom is -0.473 e. The molecule has 0 aliphatic heterocycles. The van der Waals surface area contributed by atoms with Gasteiger partial charge < -0.3 is 20.5 Å². The Kier molecular flexibility index (Phi) is 7.82. The summed E-state index contributed by atoms with van der Waals surface area (Å²) >= 11 is 1.54. The average Bonchev–Trinajstić information content (AvgIpc) is 3.32. The summed E-state index contributed by atoms with van der Waals surface area (Å²) in [5, 5.41) is 19.1. The van der Waals surface area contributed by atoms with Gasteiger partial charge in [0.1, 0.15) is 12.2 Å². The molecule has 0 spiro atoms. The van der Waals surface area contributed by atoms with Crippen LogP contribution in [0, 0.1) is 0 Å². The van der Waals surface area contributed by atoms with Crippen LogP contribution >= 0.6 is 11.3 Å². The van der Waals surface area contributed by atoms with Crippen LogP contribution in [0.2, 0.25) is 0 Å². The number of hydrogen-bond acceptors (Lipinski definition) is 5. The summed E-state index contributed by atoms with van der Waals surface area (Å²) in [6.45, 7) is 5.74. The van der Waals surface area contributed by atoms with Crippen LogP contribution in [0.15, 0.2) is 71.2 Å². The summed E-state index contributed by atoms with van der Waals surface area (Å²) in [5.41, 5.74) is 1.02. The van der Waals surface area contributed by atoms with E-state index in [0.717, 1.165) is 22.5 Å². The van der Waals surface area contributed by atoms with Gasteiger partial charge in [0, 0.05) is 23.2 Å². The maximum Gasteiger partial charge on any atom is 0.218 e. The Balaban J connectivity index is 1.64. The number of rotatable bonds is 9. The summed E-state index contributed by atoms with van der Waals surface area (Å²) in [4.78, 5) is 9.93. The Hall–Kier alpha value is -2.90. The molecule has 0 aliphatic rings. The molecule has 2 aromatic heterocycles. The molecule has 1 unspecified atom stereocenters. The molecule has 3 rings (SSSR count). The third-order valence-electron chi connectivity index (χ3n) is 4.47. The second kappa shape index (κ2) is 10.8. The molecular weight excluding hydrogens is 396 g/mol. The first-order valence-corrected chi connectivity index (χ1v) is 10.9. The molecule has 30 heavy (non-hydrogen) atoms. The van der Waals surface area contributed by atoms with E-state index in [1.54, 1.807) is 13.1 Å². The topological polar surface area (TPSA) is 78.8 Å². The van der Waals surface area contributed by atoms with Crippen molar-refractivity contribution in [1.82, 2.24) is 15.6 Å². The van der Waals surface area contributed by atoms with Crippen molar-refractivity contribution < 1.29 is 9.84 Å². The Morgan fingerprint density at radius 1 is 1.13 bits per heavy atom. The van der Waals surface area contributed by atoms with E-state index >= 15 is 0 Å². The summed E-state index contributed by atoms with van der Waals surface area (Å²) in [5.74, 6) is 1.21. The van der Waals surface area contributed by atoms with Gasteiger partial charge in [-0.3, -0.25) is 0 Å². The zero-order valence-corrected chi connectivity index (χ0v) is 18.2. The number of hydrogen-bond donors (Lipinski definition) is 3. The van der Waals surface area contributed by atoms with Gasteiger partial charge in [0.05, 0.1) is 13.1 Å². The molecule has 0 saturated heterocycles. The SMILES string of the molecule is CCNC(=NCc1cccnc1OCc1ccccc1)NCC(C)(O)c1cccs1. The van der Waals surface area contributed by atoms with Crippen molar-refractivity contribution in [3.8, 4) is 5.88 Å². The Morgan fingerprint density at radius 2 is 1.97 bits per heavy atom. The number of benzene rings is 1. The van der Waals surface area contributed by atoms with E-state index in [9.17, 15) is 5.11 Å². The van der Waals surface area contributed by atoms with Crippen LogP contribution in [-0.2, 0) is 18.8 Å². The van der Waals surface area contributed by atoms with Gasteiger partial charge in [-0.2, -0.15) is 0 Å². The number of guanidine groups is 1. The zero-order valence-electron chi connectivity index (χ0n) is 17.3. The van der Waals surface area contributed by atoms with Crippen LogP contribution in [0.25, 0.3) is 0 Å². The summed E-state index contributed by atoms with van der Waals surface area (Å²) < 4.78 is 5.92. The van der Waals surface area contributed by atoms with Crippen molar-refractivity contribution >= 4 is 17.3 Å². The molecule has 0 aliphatic carbocycles. The molecule has 1 aromatic carbocycles. The molecule has 3 N–H and O–H groups in total. The van der Waals surface area contributed by atoms with Crippen LogP contribution in [0.3, 0.4) is 0 Å². The molecular formula is C23H28N4O2S. The maximum atomic E-state index is 10.7. The van der Waals surface area contributed by atoms with Crippen LogP contribution in [-0.4, -0.2) is 29.1 Å². The van der Waals surface area contributed by atoms with E-state index in [1.165, 1.54) is 11.3 Å². The fourth-order valence-corrected chi connectivity index (χ4v) is 3.62. The number of aliphatic hydroxyl groups is 1. The number of pyridine rings is 1. The maximum absolute atomic E-state index is 10.7. The van der Waals surface area contributed by atoms with Crippen LogP contribution in [0.1, 0.15) is 29.9 Å². The van der Waals surface area contributed by atoms with Gasteiger partial charge in [-0.1, -0.05) is 42.5 Å². The molecule has 3 aromatic rings. The standard InChI is InChI=1S/C23H28N4O2S/c1-3-24-22(27-17-23(2,28)20-12-8-14-30-20)26-15-19-11-7-13-25-21(19)29-16-18-9-5-4-6-10-18/h4-14,28H,3,15-17H2,1-2H3,(H2,24,26,27). The molecule has 158 valence electrons. The Labute approximate surface area is 181 Å². The van der Waals surface area contributed by atoms with Crippen LogP contribution in [0.4, 0.5) is 0 Å². The van der Waals surface area contributed by atoms with Gasteiger partial charge in [0.2, 0.25) is 5.88 Å². The van der Waals surface area contributed by atoms with Gasteiger partial charge in [-0.05, 0) is 36.9 Å². The third-order valence-corrected chi connectivity index (χ3v) is 5.60. The lowest BCUT2D eigenvalue weighted by Gasteiger charge is -2.23. The fourth-order valence-electron chi connectivity index (χ4n) is 2.83. The predicted octanol–water partition coefficient (Wildman–Crippen LogP) is 3.68. The van der Waals surface area contributed by atoms with Gasteiger partial charge in [0.25, 0.3) is 0 Å². The second-order valence-electron chi connectivity index (χ2n) is 7.04. The van der Waals surface area contributed by atoms with E-state index in [1.807, 2.05) is 66.9 Å². The minimum absolute atomic E-state index is 0.351. The summed E-state index contributed by atoms with van der Waals surface area (Å²) in [7, 11) is 0. The number of thiophene rings is 1. The first kappa shape index (κ1) is 21.8. The monoisotopic (exact) mass is 424 g/mol. The van der Waals surface area contributed by atoms with Crippen molar-refractivity contribution in [2.45, 2.75) is 32.6 Å². The van der Waals surface area contributed by atoms with E-state index in [4.69, 9.17) is 4.74 Å². The zero-order chi connectivity index (χ0) is 21.2. The Morgan fingerprint density at radius 3 is 2.70 bits per heavy atom. The minimum atomic E-state index is -0.970. The van der Waals surface area contributed by atoms with Crippen molar-refractivity contribution in [1.29, 1.82) is 0 Å². The molecule has 1 atom stereocenters. The average molecular weight is 425 g/mol. The first-order chi connectivity index (χ1) is 14.6. The highest BCUT2D eigenvalue weighted by Crippen LogP contribution is 2.24. The quantitative estimate of drug-likeness (QED) is 0.361. The molecule has 2 heterocycles. The lowest BCUT2D eigenvalue weighted by atomic mass is 10.1. The van der Waals surface area contributed by atoms with Crippen molar-refractivity contribution in [2.75, 3.05) is 13.1 Å². The van der Waals surface area contributed by atoms with E-state index in [0.29, 0.717) is 31.5 Å². The van der Waals surface area contributed by atoms with Gasteiger partial charge in [0.15, 0.2) is 5.96 Å². The number of ether oxygens (including phenoxy) is 1. The predicted molar refractivity (Wildman–Crippen MR) is 122 cm³/mol. The largest absolute Gasteiger partial charge is 0.473 e. The van der Waals surface area contributed by atoms with Gasteiger partial charge in [-0.15, -0.1) is 11.3 Å². The van der Waals surface area contributed by atoms with Crippen LogP contribution < -0.4 is 15.4 Å². The van der Waals surface area contributed by atoms with E-state index in [-0.39, 0.29) is 0 Å². The summed E-state index contributed by atoms with van der Waals surface area (Å²) in [6.07, 6.45) is 1.72. The van der Waals surface area contributed by atoms with Crippen LogP contribution in [0.5, 0.6) is 5.88 Å². The second-order valence-corrected chi connectivity index (χ2v) is 7.99.